The zero-order valence-electron chi connectivity index (χ0n) is 18.3. The standard InChI is InChI=1S/C26H20Cl2N2O4/c1-15-11-19(29-24(31)10-7-17-12-18(27)14-20(28)25(17)33-2)8-9-21(15)30-26(32)23-13-16-5-3-4-6-22(16)34-23/h3-14H,1-2H3,(H,29,31)(H,30,32)/b10-7+. The molecule has 0 aliphatic heterocycles. The number of para-hydroxylation sites is 1. The van der Waals surface area contributed by atoms with Crippen LogP contribution in [0.1, 0.15) is 21.7 Å². The third kappa shape index (κ3) is 5.25. The number of furan rings is 1. The predicted octanol–water partition coefficient (Wildman–Crippen LogP) is 6.96. The van der Waals surface area contributed by atoms with E-state index in [1.54, 1.807) is 48.5 Å². The Kier molecular flexibility index (Phi) is 6.91. The molecule has 0 aliphatic carbocycles. The number of hydrogen-bond acceptors (Lipinski definition) is 4. The third-order valence-electron chi connectivity index (χ3n) is 5.05. The van der Waals surface area contributed by atoms with Crippen LogP contribution in [-0.4, -0.2) is 18.9 Å². The molecule has 2 N–H and O–H groups in total. The Balaban J connectivity index is 1.43. The van der Waals surface area contributed by atoms with Gasteiger partial charge in [0.2, 0.25) is 5.91 Å². The second-order valence-electron chi connectivity index (χ2n) is 7.46. The molecular weight excluding hydrogens is 475 g/mol. The molecule has 0 saturated carbocycles. The summed E-state index contributed by atoms with van der Waals surface area (Å²) in [5.41, 5.74) is 3.18. The summed E-state index contributed by atoms with van der Waals surface area (Å²) in [4.78, 5) is 25.0. The SMILES string of the molecule is COc1c(Cl)cc(Cl)cc1/C=C/C(=O)Nc1ccc(NC(=O)c2cc3ccccc3o2)c(C)c1. The summed E-state index contributed by atoms with van der Waals surface area (Å²) >= 11 is 12.2. The van der Waals surface area contributed by atoms with Crippen molar-refractivity contribution in [2.75, 3.05) is 17.7 Å². The van der Waals surface area contributed by atoms with E-state index < -0.39 is 0 Å². The van der Waals surface area contributed by atoms with Gasteiger partial charge in [0.25, 0.3) is 5.91 Å². The van der Waals surface area contributed by atoms with E-state index in [0.717, 1.165) is 10.9 Å². The van der Waals surface area contributed by atoms with Crippen LogP contribution in [0.15, 0.2) is 71.2 Å². The predicted molar refractivity (Wildman–Crippen MR) is 136 cm³/mol. The van der Waals surface area contributed by atoms with Crippen LogP contribution in [0, 0.1) is 6.92 Å². The molecule has 0 saturated heterocycles. The average Bonchev–Trinajstić information content (AvgIpc) is 3.24. The fraction of sp³-hybridized carbons (Fsp3) is 0.0769. The number of carbonyl (C=O) groups is 2. The summed E-state index contributed by atoms with van der Waals surface area (Å²) in [6, 6.07) is 17.5. The second-order valence-corrected chi connectivity index (χ2v) is 8.31. The number of nitrogens with one attached hydrogen (secondary N) is 2. The first-order chi connectivity index (χ1) is 16.3. The quantitative estimate of drug-likeness (QED) is 0.284. The first kappa shape index (κ1) is 23.4. The van der Waals surface area contributed by atoms with E-state index >= 15 is 0 Å². The van der Waals surface area contributed by atoms with Gasteiger partial charge in [-0.25, -0.2) is 0 Å². The summed E-state index contributed by atoms with van der Waals surface area (Å²) in [5, 5.41) is 7.27. The minimum atomic E-state index is -0.354. The number of ether oxygens (including phenoxy) is 1. The summed E-state index contributed by atoms with van der Waals surface area (Å²) in [6.45, 7) is 1.83. The van der Waals surface area contributed by atoms with Crippen LogP contribution < -0.4 is 15.4 Å². The van der Waals surface area contributed by atoms with Crippen molar-refractivity contribution in [2.24, 2.45) is 0 Å². The molecule has 4 rings (SSSR count). The second kappa shape index (κ2) is 10.0. The van der Waals surface area contributed by atoms with E-state index in [-0.39, 0.29) is 17.6 Å². The zero-order chi connectivity index (χ0) is 24.2. The Labute approximate surface area is 206 Å². The third-order valence-corrected chi connectivity index (χ3v) is 5.55. The lowest BCUT2D eigenvalue weighted by Gasteiger charge is -2.10. The number of halogens is 2. The van der Waals surface area contributed by atoms with Gasteiger partial charge in [0, 0.05) is 33.4 Å². The Morgan fingerprint density at radius 1 is 1.00 bits per heavy atom. The lowest BCUT2D eigenvalue weighted by Crippen LogP contribution is -2.12. The molecular formula is C26H20Cl2N2O4. The van der Waals surface area contributed by atoms with Gasteiger partial charge >= 0.3 is 0 Å². The van der Waals surface area contributed by atoms with Gasteiger partial charge in [-0.15, -0.1) is 0 Å². The Bertz CT molecular complexity index is 1390. The normalized spacial score (nSPS) is 11.1. The minimum absolute atomic E-state index is 0.222. The van der Waals surface area contributed by atoms with E-state index in [2.05, 4.69) is 10.6 Å². The van der Waals surface area contributed by atoms with Gasteiger partial charge in [-0.1, -0.05) is 41.4 Å². The Morgan fingerprint density at radius 3 is 2.53 bits per heavy atom. The molecule has 1 heterocycles. The molecule has 1 aromatic heterocycles. The van der Waals surface area contributed by atoms with Gasteiger partial charge in [-0.3, -0.25) is 9.59 Å². The number of amides is 2. The summed E-state index contributed by atoms with van der Waals surface area (Å²) < 4.78 is 10.9. The highest BCUT2D eigenvalue weighted by molar-refractivity contribution is 6.36. The number of rotatable bonds is 6. The van der Waals surface area contributed by atoms with E-state index in [0.29, 0.717) is 38.3 Å². The number of methoxy groups -OCH3 is 1. The molecule has 4 aromatic rings. The van der Waals surface area contributed by atoms with Crippen molar-refractivity contribution < 1.29 is 18.7 Å². The maximum atomic E-state index is 12.6. The zero-order valence-corrected chi connectivity index (χ0v) is 19.8. The van der Waals surface area contributed by atoms with Crippen LogP contribution in [0.3, 0.4) is 0 Å². The molecule has 0 aliphatic rings. The van der Waals surface area contributed by atoms with Crippen molar-refractivity contribution >= 4 is 63.4 Å². The van der Waals surface area contributed by atoms with E-state index in [4.69, 9.17) is 32.4 Å². The molecule has 3 aromatic carbocycles. The number of hydrogen-bond donors (Lipinski definition) is 2. The van der Waals surface area contributed by atoms with Crippen LogP contribution in [0.4, 0.5) is 11.4 Å². The maximum absolute atomic E-state index is 12.6. The smallest absolute Gasteiger partial charge is 0.291 e. The Morgan fingerprint density at radius 2 is 1.79 bits per heavy atom. The summed E-state index contributed by atoms with van der Waals surface area (Å²) in [6.07, 6.45) is 2.93. The summed E-state index contributed by atoms with van der Waals surface area (Å²) in [7, 11) is 1.49. The molecule has 0 fully saturated rings. The first-order valence-electron chi connectivity index (χ1n) is 10.3. The molecule has 0 spiro atoms. The van der Waals surface area contributed by atoms with Crippen molar-refractivity contribution in [3.05, 3.63) is 93.7 Å². The van der Waals surface area contributed by atoms with Gasteiger partial charge in [-0.2, -0.15) is 0 Å². The highest BCUT2D eigenvalue weighted by Crippen LogP contribution is 2.33. The number of carbonyl (C=O) groups excluding carboxylic acids is 2. The van der Waals surface area contributed by atoms with Crippen molar-refractivity contribution in [2.45, 2.75) is 6.92 Å². The van der Waals surface area contributed by atoms with E-state index in [1.807, 2.05) is 25.1 Å². The fourth-order valence-corrected chi connectivity index (χ4v) is 4.01. The molecule has 0 unspecified atom stereocenters. The molecule has 0 atom stereocenters. The highest BCUT2D eigenvalue weighted by Gasteiger charge is 2.14. The molecule has 2 amide bonds. The van der Waals surface area contributed by atoms with Crippen molar-refractivity contribution in [3.63, 3.8) is 0 Å². The van der Waals surface area contributed by atoms with Gasteiger partial charge in [-0.05, 0) is 61.0 Å². The van der Waals surface area contributed by atoms with Gasteiger partial charge in [0.05, 0.1) is 12.1 Å². The molecule has 6 nitrogen and oxygen atoms in total. The molecule has 0 radical (unpaired) electrons. The number of aryl methyl sites for hydroxylation is 1. The monoisotopic (exact) mass is 494 g/mol. The van der Waals surface area contributed by atoms with E-state index in [9.17, 15) is 9.59 Å². The molecule has 8 heteroatoms. The molecule has 172 valence electrons. The number of fused-ring (bicyclic) bond motifs is 1. The Hall–Kier alpha value is -3.74. The first-order valence-corrected chi connectivity index (χ1v) is 11.0. The van der Waals surface area contributed by atoms with Crippen LogP contribution >= 0.6 is 23.2 Å². The maximum Gasteiger partial charge on any atom is 0.291 e. The summed E-state index contributed by atoms with van der Waals surface area (Å²) in [5.74, 6) is -0.0556. The topological polar surface area (TPSA) is 80.6 Å². The van der Waals surface area contributed by atoms with Crippen LogP contribution in [0.2, 0.25) is 10.0 Å². The lowest BCUT2D eigenvalue weighted by atomic mass is 10.1. The lowest BCUT2D eigenvalue weighted by molar-refractivity contribution is -0.111. The van der Waals surface area contributed by atoms with Gasteiger partial charge < -0.3 is 19.8 Å². The molecule has 0 bridgehead atoms. The largest absolute Gasteiger partial charge is 0.495 e. The highest BCUT2D eigenvalue weighted by atomic mass is 35.5. The van der Waals surface area contributed by atoms with Gasteiger partial charge in [0.15, 0.2) is 5.76 Å². The number of anilines is 2. The average molecular weight is 495 g/mol. The fourth-order valence-electron chi connectivity index (χ4n) is 3.43. The van der Waals surface area contributed by atoms with Crippen molar-refractivity contribution in [3.8, 4) is 5.75 Å². The number of benzene rings is 3. The van der Waals surface area contributed by atoms with Crippen LogP contribution in [0.5, 0.6) is 5.75 Å². The minimum Gasteiger partial charge on any atom is -0.495 e. The van der Waals surface area contributed by atoms with Gasteiger partial charge in [0.1, 0.15) is 11.3 Å². The molecule has 34 heavy (non-hydrogen) atoms. The van der Waals surface area contributed by atoms with Crippen LogP contribution in [-0.2, 0) is 4.79 Å². The van der Waals surface area contributed by atoms with Crippen molar-refractivity contribution in [1.29, 1.82) is 0 Å². The van der Waals surface area contributed by atoms with Crippen LogP contribution in [0.25, 0.3) is 17.0 Å². The van der Waals surface area contributed by atoms with E-state index in [1.165, 1.54) is 13.2 Å². The van der Waals surface area contributed by atoms with Crippen molar-refractivity contribution in [1.82, 2.24) is 0 Å².